The predicted molar refractivity (Wildman–Crippen MR) is 113 cm³/mol. The third kappa shape index (κ3) is 3.69. The first kappa shape index (κ1) is 18.7. The monoisotopic (exact) mass is 387 g/mol. The fourth-order valence-corrected chi connectivity index (χ4v) is 3.41. The van der Waals surface area contributed by atoms with Crippen molar-refractivity contribution in [2.75, 3.05) is 5.32 Å². The number of furan rings is 1. The SMILES string of the molecule is CCc1nc(-c2ccoc2)nc(Nc2ccc3cc(C(=O)O)ccc3c2)c1CC. The summed E-state index contributed by atoms with van der Waals surface area (Å²) in [7, 11) is 0. The molecule has 2 heterocycles. The third-order valence-corrected chi connectivity index (χ3v) is 4.91. The van der Waals surface area contributed by atoms with Gasteiger partial charge in [0, 0.05) is 16.9 Å². The number of carboxylic acid groups (broad SMARTS) is 1. The van der Waals surface area contributed by atoms with Crippen LogP contribution in [0.5, 0.6) is 0 Å². The standard InChI is InChI=1S/C23H21N3O3/c1-3-19-20(4-2)25-21(17-9-10-29-13-17)26-22(19)24-18-8-7-14-11-16(23(27)28)6-5-15(14)12-18/h5-13H,3-4H2,1-2H3,(H,27,28)(H,24,25,26). The minimum absolute atomic E-state index is 0.277. The maximum Gasteiger partial charge on any atom is 0.335 e. The molecule has 6 nitrogen and oxygen atoms in total. The number of hydrogen-bond acceptors (Lipinski definition) is 5. The van der Waals surface area contributed by atoms with Crippen LogP contribution >= 0.6 is 0 Å². The van der Waals surface area contributed by atoms with E-state index in [1.54, 1.807) is 24.7 Å². The fraction of sp³-hybridized carbons (Fsp3) is 0.174. The number of nitrogens with one attached hydrogen (secondary N) is 1. The number of aryl methyl sites for hydroxylation is 1. The van der Waals surface area contributed by atoms with Gasteiger partial charge in [-0.1, -0.05) is 26.0 Å². The maximum atomic E-state index is 11.2. The van der Waals surface area contributed by atoms with Crippen molar-refractivity contribution < 1.29 is 14.3 Å². The van der Waals surface area contributed by atoms with E-state index in [9.17, 15) is 9.90 Å². The van der Waals surface area contributed by atoms with Gasteiger partial charge in [-0.15, -0.1) is 0 Å². The second kappa shape index (κ2) is 7.75. The van der Waals surface area contributed by atoms with E-state index >= 15 is 0 Å². The number of benzene rings is 2. The Kier molecular flexibility index (Phi) is 4.99. The van der Waals surface area contributed by atoms with E-state index in [1.807, 2.05) is 30.3 Å². The zero-order valence-corrected chi connectivity index (χ0v) is 16.3. The molecule has 0 saturated carbocycles. The number of nitrogens with zero attached hydrogens (tertiary/aromatic N) is 2. The molecule has 0 spiro atoms. The van der Waals surface area contributed by atoms with Crippen molar-refractivity contribution in [3.8, 4) is 11.4 Å². The molecule has 0 saturated heterocycles. The van der Waals surface area contributed by atoms with Crippen LogP contribution < -0.4 is 5.32 Å². The number of rotatable bonds is 6. The van der Waals surface area contributed by atoms with Gasteiger partial charge in [-0.25, -0.2) is 14.8 Å². The van der Waals surface area contributed by atoms with Gasteiger partial charge in [-0.3, -0.25) is 0 Å². The molecule has 2 N–H and O–H groups in total. The Labute approximate surface area is 168 Å². The van der Waals surface area contributed by atoms with Gasteiger partial charge in [-0.2, -0.15) is 0 Å². The number of aromatic nitrogens is 2. The second-order valence-electron chi connectivity index (χ2n) is 6.75. The number of carboxylic acids is 1. The summed E-state index contributed by atoms with van der Waals surface area (Å²) in [6.45, 7) is 4.18. The molecule has 0 aliphatic rings. The number of anilines is 2. The average molecular weight is 387 g/mol. The van der Waals surface area contributed by atoms with Gasteiger partial charge in [-0.05, 0) is 53.9 Å². The van der Waals surface area contributed by atoms with Gasteiger partial charge in [0.2, 0.25) is 0 Å². The summed E-state index contributed by atoms with van der Waals surface area (Å²) < 4.78 is 5.19. The molecule has 0 atom stereocenters. The zero-order valence-electron chi connectivity index (χ0n) is 16.3. The summed E-state index contributed by atoms with van der Waals surface area (Å²) >= 11 is 0. The van der Waals surface area contributed by atoms with Crippen molar-refractivity contribution in [1.29, 1.82) is 0 Å². The molecular formula is C23H21N3O3. The first-order valence-electron chi connectivity index (χ1n) is 9.55. The molecule has 0 bridgehead atoms. The van der Waals surface area contributed by atoms with Crippen molar-refractivity contribution in [2.45, 2.75) is 26.7 Å². The first-order chi connectivity index (χ1) is 14.1. The minimum atomic E-state index is -0.929. The average Bonchev–Trinajstić information content (AvgIpc) is 3.27. The Morgan fingerprint density at radius 3 is 2.52 bits per heavy atom. The Morgan fingerprint density at radius 2 is 1.83 bits per heavy atom. The lowest BCUT2D eigenvalue weighted by molar-refractivity contribution is 0.0697. The number of hydrogen-bond donors (Lipinski definition) is 2. The lowest BCUT2D eigenvalue weighted by atomic mass is 10.1. The molecule has 146 valence electrons. The van der Waals surface area contributed by atoms with E-state index in [4.69, 9.17) is 14.4 Å². The van der Waals surface area contributed by atoms with Gasteiger partial charge in [0.05, 0.1) is 17.4 Å². The summed E-state index contributed by atoms with van der Waals surface area (Å²) in [5.74, 6) is 0.473. The first-order valence-corrected chi connectivity index (χ1v) is 9.55. The number of carbonyl (C=O) groups is 1. The Hall–Kier alpha value is -3.67. The number of aromatic carboxylic acids is 1. The van der Waals surface area contributed by atoms with Crippen molar-refractivity contribution in [3.63, 3.8) is 0 Å². The normalized spacial score (nSPS) is 11.0. The van der Waals surface area contributed by atoms with Crippen LogP contribution in [0, 0.1) is 0 Å². The van der Waals surface area contributed by atoms with Crippen LogP contribution in [0.15, 0.2) is 59.4 Å². The minimum Gasteiger partial charge on any atom is -0.478 e. The van der Waals surface area contributed by atoms with Gasteiger partial charge in [0.1, 0.15) is 12.1 Å². The van der Waals surface area contributed by atoms with Crippen LogP contribution in [0.3, 0.4) is 0 Å². The highest BCUT2D eigenvalue weighted by atomic mass is 16.4. The summed E-state index contributed by atoms with van der Waals surface area (Å²) in [5, 5.41) is 14.4. The second-order valence-corrected chi connectivity index (χ2v) is 6.75. The molecule has 0 fully saturated rings. The third-order valence-electron chi connectivity index (χ3n) is 4.91. The maximum absolute atomic E-state index is 11.2. The van der Waals surface area contributed by atoms with Crippen LogP contribution in [-0.4, -0.2) is 21.0 Å². The van der Waals surface area contributed by atoms with E-state index < -0.39 is 5.97 Å². The lowest BCUT2D eigenvalue weighted by Gasteiger charge is -2.15. The quantitative estimate of drug-likeness (QED) is 0.457. The van der Waals surface area contributed by atoms with Crippen molar-refractivity contribution >= 4 is 28.2 Å². The molecule has 0 amide bonds. The van der Waals surface area contributed by atoms with Crippen LogP contribution in [0.1, 0.15) is 35.5 Å². The molecule has 2 aromatic carbocycles. The highest BCUT2D eigenvalue weighted by molar-refractivity contribution is 5.95. The molecule has 29 heavy (non-hydrogen) atoms. The Balaban J connectivity index is 1.75. The zero-order chi connectivity index (χ0) is 20.4. The van der Waals surface area contributed by atoms with Gasteiger partial charge in [0.15, 0.2) is 5.82 Å². The molecule has 4 aromatic rings. The highest BCUT2D eigenvalue weighted by Crippen LogP contribution is 2.28. The van der Waals surface area contributed by atoms with Gasteiger partial charge in [0.25, 0.3) is 0 Å². The fourth-order valence-electron chi connectivity index (χ4n) is 3.41. The van der Waals surface area contributed by atoms with E-state index in [0.717, 1.165) is 51.9 Å². The van der Waals surface area contributed by atoms with Crippen LogP contribution in [0.2, 0.25) is 0 Å². The van der Waals surface area contributed by atoms with E-state index in [0.29, 0.717) is 5.82 Å². The highest BCUT2D eigenvalue weighted by Gasteiger charge is 2.14. The topological polar surface area (TPSA) is 88.3 Å². The Morgan fingerprint density at radius 1 is 1.03 bits per heavy atom. The molecule has 4 rings (SSSR count). The van der Waals surface area contributed by atoms with Gasteiger partial charge >= 0.3 is 5.97 Å². The van der Waals surface area contributed by atoms with Gasteiger partial charge < -0.3 is 14.8 Å². The summed E-state index contributed by atoms with van der Waals surface area (Å²) in [6.07, 6.45) is 4.87. The van der Waals surface area contributed by atoms with E-state index in [-0.39, 0.29) is 5.56 Å². The Bertz CT molecular complexity index is 1180. The summed E-state index contributed by atoms with van der Waals surface area (Å²) in [4.78, 5) is 20.6. The molecule has 0 radical (unpaired) electrons. The smallest absolute Gasteiger partial charge is 0.335 e. The van der Waals surface area contributed by atoms with Crippen molar-refractivity contribution in [1.82, 2.24) is 9.97 Å². The van der Waals surface area contributed by atoms with E-state index in [1.165, 1.54) is 0 Å². The van der Waals surface area contributed by atoms with Crippen molar-refractivity contribution in [2.24, 2.45) is 0 Å². The van der Waals surface area contributed by atoms with Crippen LogP contribution in [0.25, 0.3) is 22.2 Å². The van der Waals surface area contributed by atoms with E-state index in [2.05, 4.69) is 19.2 Å². The molecule has 0 aliphatic carbocycles. The van der Waals surface area contributed by atoms with Crippen molar-refractivity contribution in [3.05, 3.63) is 71.8 Å². The molecular weight excluding hydrogens is 366 g/mol. The molecule has 0 unspecified atom stereocenters. The van der Waals surface area contributed by atoms with Crippen LogP contribution in [-0.2, 0) is 12.8 Å². The lowest BCUT2D eigenvalue weighted by Crippen LogP contribution is -2.07. The molecule has 2 aromatic heterocycles. The summed E-state index contributed by atoms with van der Waals surface area (Å²) in [5.41, 5.74) is 4.09. The predicted octanol–water partition coefficient (Wildman–Crippen LogP) is 5.46. The number of fused-ring (bicyclic) bond motifs is 1. The largest absolute Gasteiger partial charge is 0.478 e. The molecule has 0 aliphatic heterocycles. The summed E-state index contributed by atoms with van der Waals surface area (Å²) in [6, 6.07) is 12.8. The van der Waals surface area contributed by atoms with Crippen LogP contribution in [0.4, 0.5) is 11.5 Å². The molecule has 6 heteroatoms.